The highest BCUT2D eigenvalue weighted by Gasteiger charge is 2.24. The molecule has 3 amide bonds. The lowest BCUT2D eigenvalue weighted by Gasteiger charge is -2.24. The summed E-state index contributed by atoms with van der Waals surface area (Å²) in [6, 6.07) is 25.5. The molecule has 1 atom stereocenters. The van der Waals surface area contributed by atoms with Crippen molar-refractivity contribution in [1.82, 2.24) is 10.6 Å². The highest BCUT2D eigenvalue weighted by molar-refractivity contribution is 7.92. The van der Waals surface area contributed by atoms with Gasteiger partial charge in [-0.1, -0.05) is 73.9 Å². The molecule has 0 heterocycles. The van der Waals surface area contributed by atoms with Gasteiger partial charge in [0.2, 0.25) is 0 Å². The Hall–Kier alpha value is -5.16. The topological polar surface area (TPSA) is 154 Å². The smallest absolute Gasteiger partial charge is 0.320 e. The standard InChI is InChI=1S/C38H42N4O6S/c1-25-7-6-10-32(23-25)42-49(47,48)34-24-26(2)11-20-33(34)40-38(46)41-36(29-14-12-28(13-15-29)27-8-4-3-5-9-27)30-16-18-31(19-17-30)37(45)39-22-21-35(43)44/h6-7,10-20,23-24,27,36,42H,3-5,8-9,21-22H2,1-2H3,(H,39,45)(H,43,44)(H2,40,41,46). The summed E-state index contributed by atoms with van der Waals surface area (Å²) in [6.45, 7) is 3.65. The second-order valence-corrected chi connectivity index (χ2v) is 14.2. The number of amides is 3. The average molecular weight is 683 g/mol. The minimum absolute atomic E-state index is 0.00480. The zero-order chi connectivity index (χ0) is 35.0. The molecule has 49 heavy (non-hydrogen) atoms. The van der Waals surface area contributed by atoms with Gasteiger partial charge >= 0.3 is 12.0 Å². The van der Waals surface area contributed by atoms with E-state index in [9.17, 15) is 22.8 Å². The molecule has 1 fully saturated rings. The van der Waals surface area contributed by atoms with Crippen LogP contribution in [0.4, 0.5) is 16.2 Å². The Morgan fingerprint density at radius 3 is 2.12 bits per heavy atom. The molecule has 0 radical (unpaired) electrons. The Morgan fingerprint density at radius 1 is 0.816 bits per heavy atom. The summed E-state index contributed by atoms with van der Waals surface area (Å²) in [4.78, 5) is 37.0. The number of carbonyl (C=O) groups is 3. The molecule has 1 aliphatic rings. The number of urea groups is 1. The Kier molecular flexibility index (Phi) is 11.4. The summed E-state index contributed by atoms with van der Waals surface area (Å²) in [5, 5.41) is 17.2. The number of carboxylic acid groups (broad SMARTS) is 1. The van der Waals surface area contributed by atoms with E-state index >= 15 is 0 Å². The molecule has 5 rings (SSSR count). The molecule has 0 saturated heterocycles. The van der Waals surface area contributed by atoms with Crippen LogP contribution in [0.15, 0.2) is 95.9 Å². The van der Waals surface area contributed by atoms with Gasteiger partial charge in [-0.3, -0.25) is 14.3 Å². The van der Waals surface area contributed by atoms with Crippen molar-refractivity contribution >= 4 is 39.3 Å². The van der Waals surface area contributed by atoms with Gasteiger partial charge in [-0.05, 0) is 96.8 Å². The Labute approximate surface area is 287 Å². The summed E-state index contributed by atoms with van der Waals surface area (Å²) < 4.78 is 29.7. The van der Waals surface area contributed by atoms with Gasteiger partial charge in [-0.15, -0.1) is 0 Å². The fourth-order valence-electron chi connectivity index (χ4n) is 6.13. The van der Waals surface area contributed by atoms with Crippen LogP contribution in [0.25, 0.3) is 0 Å². The zero-order valence-electron chi connectivity index (χ0n) is 27.7. The summed E-state index contributed by atoms with van der Waals surface area (Å²) in [5.41, 5.74) is 5.24. The average Bonchev–Trinajstić information content (AvgIpc) is 3.08. The predicted octanol–water partition coefficient (Wildman–Crippen LogP) is 7.27. The van der Waals surface area contributed by atoms with Gasteiger partial charge in [0.05, 0.1) is 18.2 Å². The molecule has 1 unspecified atom stereocenters. The molecule has 5 N–H and O–H groups in total. The molecule has 4 aromatic rings. The lowest BCUT2D eigenvalue weighted by atomic mass is 9.83. The first-order valence-corrected chi connectivity index (χ1v) is 17.9. The van der Waals surface area contributed by atoms with Crippen molar-refractivity contribution in [2.24, 2.45) is 0 Å². The van der Waals surface area contributed by atoms with E-state index in [-0.39, 0.29) is 23.5 Å². The number of aliphatic carboxylic acids is 1. The molecule has 1 saturated carbocycles. The molecular weight excluding hydrogens is 641 g/mol. The van der Waals surface area contributed by atoms with Gasteiger partial charge in [0.25, 0.3) is 15.9 Å². The van der Waals surface area contributed by atoms with Crippen LogP contribution in [-0.2, 0) is 14.8 Å². The Morgan fingerprint density at radius 2 is 1.47 bits per heavy atom. The van der Waals surface area contributed by atoms with E-state index in [2.05, 4.69) is 32.8 Å². The van der Waals surface area contributed by atoms with Crippen molar-refractivity contribution in [2.75, 3.05) is 16.6 Å². The highest BCUT2D eigenvalue weighted by atomic mass is 32.2. The van der Waals surface area contributed by atoms with Crippen LogP contribution in [0.5, 0.6) is 0 Å². The van der Waals surface area contributed by atoms with Crippen molar-refractivity contribution in [3.63, 3.8) is 0 Å². The number of rotatable bonds is 12. The van der Waals surface area contributed by atoms with Crippen LogP contribution < -0.4 is 20.7 Å². The molecule has 11 heteroatoms. The predicted molar refractivity (Wildman–Crippen MR) is 190 cm³/mol. The molecule has 0 aliphatic heterocycles. The number of hydrogen-bond acceptors (Lipinski definition) is 5. The Balaban J connectivity index is 1.40. The Bertz CT molecular complexity index is 1900. The van der Waals surface area contributed by atoms with E-state index in [0.717, 1.165) is 24.0 Å². The highest BCUT2D eigenvalue weighted by Crippen LogP contribution is 2.34. The lowest BCUT2D eigenvalue weighted by Crippen LogP contribution is -2.34. The van der Waals surface area contributed by atoms with Crippen LogP contribution in [0.3, 0.4) is 0 Å². The number of carbonyl (C=O) groups excluding carboxylic acids is 2. The van der Waals surface area contributed by atoms with E-state index in [4.69, 9.17) is 5.11 Å². The summed E-state index contributed by atoms with van der Waals surface area (Å²) in [5.74, 6) is -0.902. The van der Waals surface area contributed by atoms with Crippen molar-refractivity contribution in [3.8, 4) is 0 Å². The van der Waals surface area contributed by atoms with Crippen molar-refractivity contribution < 1.29 is 27.9 Å². The van der Waals surface area contributed by atoms with Gasteiger partial charge in [-0.25, -0.2) is 13.2 Å². The van der Waals surface area contributed by atoms with Crippen LogP contribution in [-0.4, -0.2) is 38.0 Å². The number of anilines is 2. The van der Waals surface area contributed by atoms with Gasteiger partial charge in [0, 0.05) is 17.8 Å². The minimum Gasteiger partial charge on any atom is -0.481 e. The number of sulfonamides is 1. The number of carboxylic acids is 1. The fourth-order valence-corrected chi connectivity index (χ4v) is 7.43. The molecule has 4 aromatic carbocycles. The van der Waals surface area contributed by atoms with E-state index in [1.165, 1.54) is 30.9 Å². The second kappa shape index (κ2) is 15.8. The van der Waals surface area contributed by atoms with Crippen LogP contribution in [0.2, 0.25) is 0 Å². The minimum atomic E-state index is -4.06. The van der Waals surface area contributed by atoms with Crippen LogP contribution in [0.1, 0.15) is 88.7 Å². The maximum Gasteiger partial charge on any atom is 0.320 e. The molecular formula is C38H42N4O6S. The first-order valence-electron chi connectivity index (χ1n) is 16.5. The third-order valence-corrected chi connectivity index (χ3v) is 10.1. The summed E-state index contributed by atoms with van der Waals surface area (Å²) in [6.07, 6.45) is 5.80. The monoisotopic (exact) mass is 682 g/mol. The summed E-state index contributed by atoms with van der Waals surface area (Å²) in [7, 11) is -4.06. The van der Waals surface area contributed by atoms with E-state index in [0.29, 0.717) is 28.3 Å². The number of benzene rings is 4. The molecule has 256 valence electrons. The molecule has 10 nitrogen and oxygen atoms in total. The van der Waals surface area contributed by atoms with Crippen molar-refractivity contribution in [1.29, 1.82) is 0 Å². The van der Waals surface area contributed by atoms with Gasteiger partial charge in [0.1, 0.15) is 4.90 Å². The molecule has 1 aliphatic carbocycles. The fraction of sp³-hybridized carbons (Fsp3) is 0.289. The molecule has 0 spiro atoms. The van der Waals surface area contributed by atoms with Gasteiger partial charge in [0.15, 0.2) is 0 Å². The first-order chi connectivity index (χ1) is 23.5. The second-order valence-electron chi connectivity index (χ2n) is 12.5. The van der Waals surface area contributed by atoms with Crippen LogP contribution in [0, 0.1) is 13.8 Å². The maximum atomic E-state index is 13.6. The number of aryl methyl sites for hydroxylation is 2. The normalized spacial score (nSPS) is 14.0. The SMILES string of the molecule is Cc1cccc(NS(=O)(=O)c2cc(C)ccc2NC(=O)NC(c2ccc(C(=O)NCCC(=O)O)cc2)c2ccc(C3CCCCC3)cc2)c1. The van der Waals surface area contributed by atoms with Crippen molar-refractivity contribution in [2.45, 2.75) is 69.2 Å². The third kappa shape index (κ3) is 9.48. The molecule has 0 bridgehead atoms. The lowest BCUT2D eigenvalue weighted by molar-refractivity contribution is -0.136. The van der Waals surface area contributed by atoms with E-state index in [1.54, 1.807) is 61.5 Å². The van der Waals surface area contributed by atoms with Gasteiger partial charge < -0.3 is 21.1 Å². The van der Waals surface area contributed by atoms with Gasteiger partial charge in [-0.2, -0.15) is 0 Å². The zero-order valence-corrected chi connectivity index (χ0v) is 28.5. The largest absolute Gasteiger partial charge is 0.481 e. The number of nitrogens with one attached hydrogen (secondary N) is 4. The number of hydrogen-bond donors (Lipinski definition) is 5. The van der Waals surface area contributed by atoms with E-state index in [1.807, 2.05) is 25.1 Å². The third-order valence-electron chi connectivity index (χ3n) is 8.70. The first kappa shape index (κ1) is 35.2. The van der Waals surface area contributed by atoms with Crippen molar-refractivity contribution in [3.05, 3.63) is 124 Å². The van der Waals surface area contributed by atoms with E-state index < -0.39 is 34.0 Å². The quantitative estimate of drug-likeness (QED) is 0.106. The summed E-state index contributed by atoms with van der Waals surface area (Å²) >= 11 is 0. The van der Waals surface area contributed by atoms with Crippen LogP contribution >= 0.6 is 0 Å². The maximum absolute atomic E-state index is 13.6. The molecule has 0 aromatic heterocycles.